The summed E-state index contributed by atoms with van der Waals surface area (Å²) in [7, 11) is 0. The van der Waals surface area contributed by atoms with Gasteiger partial charge in [-0.2, -0.15) is 5.26 Å². The first kappa shape index (κ1) is 17.1. The zero-order chi connectivity index (χ0) is 14.3. The molecule has 0 heterocycles. The number of thiocyanates is 1. The van der Waals surface area contributed by atoms with E-state index >= 15 is 0 Å². The van der Waals surface area contributed by atoms with E-state index in [0.29, 0.717) is 0 Å². The molecule has 0 saturated heterocycles. The summed E-state index contributed by atoms with van der Waals surface area (Å²) in [4.78, 5) is 0. The summed E-state index contributed by atoms with van der Waals surface area (Å²) < 4.78 is 5.66. The minimum Gasteiger partial charge on any atom is -0.377 e. The summed E-state index contributed by atoms with van der Waals surface area (Å²) in [6.45, 7) is 1.60. The van der Waals surface area contributed by atoms with Crippen LogP contribution in [-0.2, 0) is 11.3 Å². The lowest BCUT2D eigenvalue weighted by molar-refractivity contribution is 0.116. The predicted molar refractivity (Wildman–Crippen MR) is 86.5 cm³/mol. The zero-order valence-corrected chi connectivity index (χ0v) is 13.0. The summed E-state index contributed by atoms with van der Waals surface area (Å²) in [5, 5.41) is 10.5. The van der Waals surface area contributed by atoms with Crippen LogP contribution in [0.4, 0.5) is 0 Å². The van der Waals surface area contributed by atoms with Gasteiger partial charge in [0.25, 0.3) is 0 Å². The quantitative estimate of drug-likeness (QED) is 0.394. The molecule has 0 amide bonds. The van der Waals surface area contributed by atoms with E-state index in [1.165, 1.54) is 55.9 Å². The predicted octanol–water partition coefficient (Wildman–Crippen LogP) is 5.15. The smallest absolute Gasteiger partial charge is 0.133 e. The molecule has 3 heteroatoms. The molecule has 1 rings (SSSR count). The number of nitriles is 1. The van der Waals surface area contributed by atoms with Gasteiger partial charge in [0.1, 0.15) is 5.40 Å². The van der Waals surface area contributed by atoms with E-state index in [1.807, 2.05) is 18.2 Å². The lowest BCUT2D eigenvalue weighted by atomic mass is 10.1. The third-order valence-corrected chi connectivity index (χ3v) is 3.83. The highest BCUT2D eigenvalue weighted by Gasteiger charge is 1.94. The second-order valence-electron chi connectivity index (χ2n) is 4.95. The van der Waals surface area contributed by atoms with Gasteiger partial charge in [-0.25, -0.2) is 0 Å². The lowest BCUT2D eigenvalue weighted by Gasteiger charge is -2.04. The molecule has 0 aliphatic carbocycles. The summed E-state index contributed by atoms with van der Waals surface area (Å²) in [5.41, 5.74) is 1.25. The number of rotatable bonds is 12. The van der Waals surface area contributed by atoms with Crippen molar-refractivity contribution < 1.29 is 4.74 Å². The van der Waals surface area contributed by atoms with E-state index in [2.05, 4.69) is 17.5 Å². The van der Waals surface area contributed by atoms with E-state index in [1.54, 1.807) is 0 Å². The van der Waals surface area contributed by atoms with Crippen molar-refractivity contribution in [1.82, 2.24) is 0 Å². The standard InChI is InChI=1S/C17H25NOS/c18-16-20-14-10-5-3-1-2-4-9-13-19-15-17-11-7-6-8-12-17/h6-8,11-12H,1-5,9-10,13-15H2. The second kappa shape index (κ2) is 13.0. The fourth-order valence-corrected chi connectivity index (χ4v) is 2.51. The van der Waals surface area contributed by atoms with Crippen LogP contribution in [-0.4, -0.2) is 12.4 Å². The molecule has 0 aromatic heterocycles. The Morgan fingerprint density at radius 3 is 2.25 bits per heavy atom. The molecule has 20 heavy (non-hydrogen) atoms. The van der Waals surface area contributed by atoms with Crippen LogP contribution in [0.3, 0.4) is 0 Å². The maximum atomic E-state index is 8.38. The molecule has 0 aliphatic rings. The molecule has 1 aromatic carbocycles. The minimum atomic E-state index is 0.734. The summed E-state index contributed by atoms with van der Waals surface area (Å²) in [5.74, 6) is 0.990. The highest BCUT2D eigenvalue weighted by Crippen LogP contribution is 2.10. The van der Waals surface area contributed by atoms with Crippen molar-refractivity contribution in [3.05, 3.63) is 35.9 Å². The van der Waals surface area contributed by atoms with Gasteiger partial charge in [-0.3, -0.25) is 0 Å². The van der Waals surface area contributed by atoms with Crippen LogP contribution in [0.5, 0.6) is 0 Å². The van der Waals surface area contributed by atoms with Crippen molar-refractivity contribution in [2.24, 2.45) is 0 Å². The molecule has 0 aliphatic heterocycles. The van der Waals surface area contributed by atoms with Crippen molar-refractivity contribution in [3.8, 4) is 5.40 Å². The van der Waals surface area contributed by atoms with Crippen LogP contribution < -0.4 is 0 Å². The van der Waals surface area contributed by atoms with Crippen molar-refractivity contribution in [2.75, 3.05) is 12.4 Å². The number of benzene rings is 1. The molecule has 0 unspecified atom stereocenters. The maximum absolute atomic E-state index is 8.38. The SMILES string of the molecule is N#CSCCCCCCCCCOCc1ccccc1. The molecule has 110 valence electrons. The van der Waals surface area contributed by atoms with Gasteiger partial charge in [0.15, 0.2) is 0 Å². The monoisotopic (exact) mass is 291 g/mol. The van der Waals surface area contributed by atoms with Gasteiger partial charge in [0, 0.05) is 12.4 Å². The van der Waals surface area contributed by atoms with Crippen LogP contribution >= 0.6 is 11.8 Å². The second-order valence-corrected chi connectivity index (χ2v) is 5.83. The van der Waals surface area contributed by atoms with Gasteiger partial charge >= 0.3 is 0 Å². The van der Waals surface area contributed by atoms with E-state index in [0.717, 1.165) is 25.4 Å². The number of ether oxygens (including phenoxy) is 1. The number of thioether (sulfide) groups is 1. The number of hydrogen-bond acceptors (Lipinski definition) is 3. The minimum absolute atomic E-state index is 0.734. The van der Waals surface area contributed by atoms with Crippen LogP contribution in [0.15, 0.2) is 30.3 Å². The number of hydrogen-bond donors (Lipinski definition) is 0. The molecule has 0 N–H and O–H groups in total. The molecular formula is C17H25NOS. The Balaban J connectivity index is 1.78. The Morgan fingerprint density at radius 1 is 0.900 bits per heavy atom. The van der Waals surface area contributed by atoms with Crippen LogP contribution in [0.2, 0.25) is 0 Å². The average Bonchev–Trinajstić information content (AvgIpc) is 2.49. The van der Waals surface area contributed by atoms with E-state index in [4.69, 9.17) is 10.00 Å². The average molecular weight is 291 g/mol. The summed E-state index contributed by atoms with van der Waals surface area (Å²) in [6.07, 6.45) is 8.79. The molecule has 0 fully saturated rings. The van der Waals surface area contributed by atoms with E-state index in [-0.39, 0.29) is 0 Å². The van der Waals surface area contributed by atoms with Crippen LogP contribution in [0.1, 0.15) is 50.5 Å². The third kappa shape index (κ3) is 9.89. The molecular weight excluding hydrogens is 266 g/mol. The van der Waals surface area contributed by atoms with Gasteiger partial charge in [-0.05, 0) is 30.2 Å². The normalized spacial score (nSPS) is 10.3. The maximum Gasteiger partial charge on any atom is 0.133 e. The Kier molecular flexibility index (Phi) is 11.1. The first-order valence-electron chi connectivity index (χ1n) is 7.56. The first-order chi connectivity index (χ1) is 9.93. The summed E-state index contributed by atoms with van der Waals surface area (Å²) >= 11 is 1.37. The fourth-order valence-electron chi connectivity index (χ4n) is 2.07. The van der Waals surface area contributed by atoms with Gasteiger partial charge in [0.2, 0.25) is 0 Å². The highest BCUT2D eigenvalue weighted by molar-refractivity contribution is 8.03. The topological polar surface area (TPSA) is 33.0 Å². The first-order valence-corrected chi connectivity index (χ1v) is 8.54. The Hall–Kier alpha value is -0.980. The van der Waals surface area contributed by atoms with Crippen molar-refractivity contribution in [2.45, 2.75) is 51.6 Å². The van der Waals surface area contributed by atoms with Crippen LogP contribution in [0.25, 0.3) is 0 Å². The molecule has 1 aromatic rings. The van der Waals surface area contributed by atoms with E-state index < -0.39 is 0 Å². The molecule has 0 radical (unpaired) electrons. The van der Waals surface area contributed by atoms with Crippen molar-refractivity contribution in [1.29, 1.82) is 5.26 Å². The highest BCUT2D eigenvalue weighted by atomic mass is 32.2. The van der Waals surface area contributed by atoms with Gasteiger partial charge in [-0.1, -0.05) is 62.4 Å². The Morgan fingerprint density at radius 2 is 1.55 bits per heavy atom. The lowest BCUT2D eigenvalue weighted by Crippen LogP contribution is -1.95. The Bertz CT molecular complexity index is 361. The molecule has 2 nitrogen and oxygen atoms in total. The fraction of sp³-hybridized carbons (Fsp3) is 0.588. The zero-order valence-electron chi connectivity index (χ0n) is 12.2. The number of unbranched alkanes of at least 4 members (excludes halogenated alkanes) is 6. The Labute approximate surface area is 127 Å². The van der Waals surface area contributed by atoms with Crippen molar-refractivity contribution >= 4 is 11.8 Å². The molecule has 0 bridgehead atoms. The molecule has 0 saturated carbocycles. The number of nitrogens with zero attached hydrogens (tertiary/aromatic N) is 1. The van der Waals surface area contributed by atoms with Gasteiger partial charge in [0.05, 0.1) is 6.61 Å². The van der Waals surface area contributed by atoms with Crippen molar-refractivity contribution in [3.63, 3.8) is 0 Å². The summed E-state index contributed by atoms with van der Waals surface area (Å²) in [6, 6.07) is 10.3. The third-order valence-electron chi connectivity index (χ3n) is 3.21. The molecule has 0 atom stereocenters. The largest absolute Gasteiger partial charge is 0.377 e. The van der Waals surface area contributed by atoms with Gasteiger partial charge in [-0.15, -0.1) is 0 Å². The molecule has 0 spiro atoms. The van der Waals surface area contributed by atoms with Crippen LogP contribution in [0, 0.1) is 10.7 Å². The van der Waals surface area contributed by atoms with E-state index in [9.17, 15) is 0 Å². The van der Waals surface area contributed by atoms with Gasteiger partial charge < -0.3 is 4.74 Å².